The van der Waals surface area contributed by atoms with Crippen molar-refractivity contribution in [3.8, 4) is 0 Å². The van der Waals surface area contributed by atoms with Crippen molar-refractivity contribution in [3.05, 3.63) is 57.3 Å². The third kappa shape index (κ3) is 2.98. The number of nitrogens with zero attached hydrogens (tertiary/aromatic N) is 1. The van der Waals surface area contributed by atoms with E-state index in [1.165, 1.54) is 6.07 Å². The van der Waals surface area contributed by atoms with E-state index in [1.807, 2.05) is 12.1 Å². The molecule has 88 valence electrons. The smallest absolute Gasteiger partial charge is 0.404 e. The van der Waals surface area contributed by atoms with Crippen LogP contribution in [0.15, 0.2) is 40.8 Å². The Hall–Kier alpha value is -2.01. The second-order valence-electron chi connectivity index (χ2n) is 3.36. The summed E-state index contributed by atoms with van der Waals surface area (Å²) in [7, 11) is 0. The van der Waals surface area contributed by atoms with Gasteiger partial charge in [0.05, 0.1) is 12.6 Å². The minimum atomic E-state index is -0.567. The van der Waals surface area contributed by atoms with Gasteiger partial charge >= 0.3 is 5.88 Å². The van der Waals surface area contributed by atoms with Crippen molar-refractivity contribution in [2.75, 3.05) is 5.32 Å². The second kappa shape index (κ2) is 4.88. The van der Waals surface area contributed by atoms with E-state index in [0.29, 0.717) is 17.3 Å². The van der Waals surface area contributed by atoms with Gasteiger partial charge in [-0.05, 0) is 24.3 Å². The summed E-state index contributed by atoms with van der Waals surface area (Å²) in [5.74, 6) is 0.240. The predicted octanol–water partition coefficient (Wildman–Crippen LogP) is 3.45. The molecule has 0 bridgehead atoms. The molecule has 2 rings (SSSR count). The highest BCUT2D eigenvalue weighted by molar-refractivity contribution is 6.30. The molecular formula is C11H9ClN2O3. The highest BCUT2D eigenvalue weighted by Gasteiger charge is 2.11. The maximum Gasteiger partial charge on any atom is 0.433 e. The monoisotopic (exact) mass is 252 g/mol. The first-order valence-corrected chi connectivity index (χ1v) is 5.25. The Morgan fingerprint density at radius 1 is 1.35 bits per heavy atom. The van der Waals surface area contributed by atoms with Crippen molar-refractivity contribution < 1.29 is 9.34 Å². The molecule has 2 aromatic rings. The van der Waals surface area contributed by atoms with Crippen LogP contribution in [0.4, 0.5) is 11.6 Å². The number of halogens is 1. The fourth-order valence-electron chi connectivity index (χ4n) is 1.35. The molecule has 0 aliphatic rings. The number of nitrogens with one attached hydrogen (secondary N) is 1. The first-order chi connectivity index (χ1) is 8.15. The van der Waals surface area contributed by atoms with E-state index in [4.69, 9.17) is 16.0 Å². The van der Waals surface area contributed by atoms with Crippen LogP contribution in [0.25, 0.3) is 0 Å². The lowest BCUT2D eigenvalue weighted by atomic mass is 10.3. The van der Waals surface area contributed by atoms with Gasteiger partial charge in [-0.25, -0.2) is 0 Å². The molecule has 0 unspecified atom stereocenters. The fourth-order valence-corrected chi connectivity index (χ4v) is 1.54. The van der Waals surface area contributed by atoms with Crippen molar-refractivity contribution >= 4 is 23.2 Å². The van der Waals surface area contributed by atoms with Crippen LogP contribution < -0.4 is 5.32 Å². The van der Waals surface area contributed by atoms with Crippen molar-refractivity contribution in [2.24, 2.45) is 0 Å². The van der Waals surface area contributed by atoms with E-state index in [1.54, 1.807) is 18.2 Å². The van der Waals surface area contributed by atoms with Crippen LogP contribution in [0.5, 0.6) is 0 Å². The molecule has 0 atom stereocenters. The minimum absolute atomic E-state index is 0.257. The molecule has 0 saturated heterocycles. The van der Waals surface area contributed by atoms with Gasteiger partial charge in [-0.3, -0.25) is 10.1 Å². The number of hydrogen-bond acceptors (Lipinski definition) is 4. The Morgan fingerprint density at radius 3 is 2.82 bits per heavy atom. The molecular weight excluding hydrogens is 244 g/mol. The SMILES string of the molecule is O=[N+]([O-])c1ccc(CNc2cccc(Cl)c2)o1. The van der Waals surface area contributed by atoms with Gasteiger partial charge in [0, 0.05) is 10.7 Å². The highest BCUT2D eigenvalue weighted by Crippen LogP contribution is 2.18. The lowest BCUT2D eigenvalue weighted by Crippen LogP contribution is -1.97. The summed E-state index contributed by atoms with van der Waals surface area (Å²) in [6.45, 7) is 0.369. The summed E-state index contributed by atoms with van der Waals surface area (Å²) in [6, 6.07) is 10.1. The average Bonchev–Trinajstić information content (AvgIpc) is 2.75. The van der Waals surface area contributed by atoms with Gasteiger partial charge in [0.2, 0.25) is 0 Å². The first kappa shape index (κ1) is 11.5. The molecule has 0 aliphatic heterocycles. The topological polar surface area (TPSA) is 68.3 Å². The van der Waals surface area contributed by atoms with Gasteiger partial charge in [0.15, 0.2) is 0 Å². The van der Waals surface area contributed by atoms with E-state index < -0.39 is 4.92 Å². The summed E-state index contributed by atoms with van der Waals surface area (Å²) >= 11 is 5.82. The molecule has 5 nitrogen and oxygen atoms in total. The van der Waals surface area contributed by atoms with Crippen LogP contribution in [0, 0.1) is 10.1 Å². The molecule has 6 heteroatoms. The zero-order valence-corrected chi connectivity index (χ0v) is 9.48. The second-order valence-corrected chi connectivity index (χ2v) is 3.80. The van der Waals surface area contributed by atoms with E-state index in [0.717, 1.165) is 5.69 Å². The van der Waals surface area contributed by atoms with E-state index in [9.17, 15) is 10.1 Å². The van der Waals surface area contributed by atoms with Gasteiger partial charge in [-0.2, -0.15) is 0 Å². The predicted molar refractivity (Wildman–Crippen MR) is 64.1 cm³/mol. The Balaban J connectivity index is 2.00. The fraction of sp³-hybridized carbons (Fsp3) is 0.0909. The first-order valence-electron chi connectivity index (χ1n) is 4.88. The average molecular weight is 253 g/mol. The molecule has 17 heavy (non-hydrogen) atoms. The van der Waals surface area contributed by atoms with E-state index in [-0.39, 0.29) is 5.88 Å². The molecule has 1 aromatic heterocycles. The van der Waals surface area contributed by atoms with Gasteiger partial charge in [-0.1, -0.05) is 17.7 Å². The van der Waals surface area contributed by atoms with Crippen molar-refractivity contribution in [1.29, 1.82) is 0 Å². The van der Waals surface area contributed by atoms with Crippen LogP contribution in [0.3, 0.4) is 0 Å². The molecule has 1 aromatic carbocycles. The van der Waals surface area contributed by atoms with Crippen molar-refractivity contribution in [2.45, 2.75) is 6.54 Å². The van der Waals surface area contributed by atoms with Gasteiger partial charge in [0.1, 0.15) is 10.7 Å². The van der Waals surface area contributed by atoms with E-state index in [2.05, 4.69) is 5.32 Å². The van der Waals surface area contributed by atoms with Gasteiger partial charge in [-0.15, -0.1) is 0 Å². The van der Waals surface area contributed by atoms with Crippen molar-refractivity contribution in [3.63, 3.8) is 0 Å². The van der Waals surface area contributed by atoms with Gasteiger partial charge < -0.3 is 9.73 Å². The Labute approximate surface area is 102 Å². The van der Waals surface area contributed by atoms with Gasteiger partial charge in [0.25, 0.3) is 0 Å². The van der Waals surface area contributed by atoms with Crippen LogP contribution in [-0.4, -0.2) is 4.92 Å². The summed E-state index contributed by atoms with van der Waals surface area (Å²) in [5, 5.41) is 14.1. The minimum Gasteiger partial charge on any atom is -0.404 e. The third-order valence-electron chi connectivity index (χ3n) is 2.12. The van der Waals surface area contributed by atoms with E-state index >= 15 is 0 Å². The zero-order valence-electron chi connectivity index (χ0n) is 8.72. The summed E-state index contributed by atoms with van der Waals surface area (Å²) in [4.78, 5) is 9.84. The molecule has 0 amide bonds. The quantitative estimate of drug-likeness (QED) is 0.668. The Kier molecular flexibility index (Phi) is 3.30. The number of hydrogen-bond donors (Lipinski definition) is 1. The molecule has 0 spiro atoms. The number of anilines is 1. The third-order valence-corrected chi connectivity index (χ3v) is 2.35. The maximum atomic E-state index is 10.4. The largest absolute Gasteiger partial charge is 0.433 e. The standard InChI is InChI=1S/C11H9ClN2O3/c12-8-2-1-3-9(6-8)13-7-10-4-5-11(17-10)14(15)16/h1-6,13H,7H2. The lowest BCUT2D eigenvalue weighted by Gasteiger charge is -2.03. The van der Waals surface area contributed by atoms with Crippen LogP contribution in [0.2, 0.25) is 5.02 Å². The molecule has 1 N–H and O–H groups in total. The van der Waals surface area contributed by atoms with Crippen LogP contribution in [0.1, 0.15) is 5.76 Å². The lowest BCUT2D eigenvalue weighted by molar-refractivity contribution is -0.402. The molecule has 0 saturated carbocycles. The summed E-state index contributed by atoms with van der Waals surface area (Å²) in [5.41, 5.74) is 0.830. The molecule has 0 radical (unpaired) electrons. The molecule has 0 fully saturated rings. The number of nitro groups is 1. The maximum absolute atomic E-state index is 10.4. The highest BCUT2D eigenvalue weighted by atomic mass is 35.5. The molecule has 0 aliphatic carbocycles. The Morgan fingerprint density at radius 2 is 2.18 bits per heavy atom. The molecule has 1 heterocycles. The Bertz CT molecular complexity index is 539. The zero-order chi connectivity index (χ0) is 12.3. The number of benzene rings is 1. The van der Waals surface area contributed by atoms with Crippen molar-refractivity contribution in [1.82, 2.24) is 0 Å². The normalized spacial score (nSPS) is 10.2. The summed E-state index contributed by atoms with van der Waals surface area (Å²) < 4.78 is 5.00. The summed E-state index contributed by atoms with van der Waals surface area (Å²) in [6.07, 6.45) is 0. The van der Waals surface area contributed by atoms with Crippen LogP contribution in [-0.2, 0) is 6.54 Å². The number of furan rings is 1. The number of rotatable bonds is 4. The van der Waals surface area contributed by atoms with Crippen LogP contribution >= 0.6 is 11.6 Å².